The lowest BCUT2D eigenvalue weighted by atomic mass is 10.0. The van der Waals surface area contributed by atoms with Gasteiger partial charge in [0.05, 0.1) is 22.1 Å². The van der Waals surface area contributed by atoms with E-state index < -0.39 is 0 Å². The quantitative estimate of drug-likeness (QED) is 0.480. The number of carbonyl (C=O) groups is 1. The fraction of sp³-hybridized carbons (Fsp3) is 0.292. The summed E-state index contributed by atoms with van der Waals surface area (Å²) < 4.78 is 0. The molecule has 2 N–H and O–H groups in total. The minimum atomic E-state index is -0.110. The Bertz CT molecular complexity index is 1250. The van der Waals surface area contributed by atoms with Gasteiger partial charge in [-0.2, -0.15) is 0 Å². The van der Waals surface area contributed by atoms with Crippen LogP contribution < -0.4 is 5.32 Å². The number of fused-ring (bicyclic) bond motifs is 2. The van der Waals surface area contributed by atoms with Gasteiger partial charge < -0.3 is 15.2 Å². The number of amides is 1. The molecule has 0 spiro atoms. The normalized spacial score (nSPS) is 14.9. The lowest BCUT2D eigenvalue weighted by Gasteiger charge is -2.26. The van der Waals surface area contributed by atoms with Gasteiger partial charge in [0.1, 0.15) is 5.82 Å². The summed E-state index contributed by atoms with van der Waals surface area (Å²) in [6, 6.07) is 13.3. The van der Waals surface area contributed by atoms with Crippen LogP contribution in [0.25, 0.3) is 33.3 Å². The van der Waals surface area contributed by atoms with Gasteiger partial charge in [-0.15, -0.1) is 0 Å². The van der Waals surface area contributed by atoms with E-state index in [9.17, 15) is 4.79 Å². The molecule has 1 aliphatic heterocycles. The Morgan fingerprint density at radius 3 is 2.87 bits per heavy atom. The fourth-order valence-corrected chi connectivity index (χ4v) is 4.40. The van der Waals surface area contributed by atoms with Crippen molar-refractivity contribution in [1.82, 2.24) is 25.2 Å². The van der Waals surface area contributed by atoms with Gasteiger partial charge >= 0.3 is 0 Å². The summed E-state index contributed by atoms with van der Waals surface area (Å²) in [6.45, 7) is 3.74. The summed E-state index contributed by atoms with van der Waals surface area (Å²) in [6.07, 6.45) is 5.51. The summed E-state index contributed by atoms with van der Waals surface area (Å²) in [7, 11) is 0. The number of halogens is 1. The number of pyridine rings is 1. The summed E-state index contributed by atoms with van der Waals surface area (Å²) >= 11 is 6.11. The highest BCUT2D eigenvalue weighted by molar-refractivity contribution is 6.31. The Morgan fingerprint density at radius 1 is 1.13 bits per heavy atom. The van der Waals surface area contributed by atoms with Crippen molar-refractivity contribution in [2.24, 2.45) is 0 Å². The molecule has 0 unspecified atom stereocenters. The highest BCUT2D eigenvalue weighted by Gasteiger charge is 2.16. The lowest BCUT2D eigenvalue weighted by Crippen LogP contribution is -2.37. The van der Waals surface area contributed by atoms with E-state index in [1.807, 2.05) is 42.5 Å². The van der Waals surface area contributed by atoms with Crippen LogP contribution in [0.1, 0.15) is 29.6 Å². The van der Waals surface area contributed by atoms with Gasteiger partial charge in [-0.05, 0) is 62.3 Å². The molecule has 7 heteroatoms. The van der Waals surface area contributed by atoms with Crippen LogP contribution in [-0.4, -0.2) is 51.9 Å². The number of benzene rings is 2. The molecule has 2 aromatic heterocycles. The molecule has 1 saturated heterocycles. The zero-order valence-electron chi connectivity index (χ0n) is 17.2. The lowest BCUT2D eigenvalue weighted by molar-refractivity contribution is 0.0948. The maximum Gasteiger partial charge on any atom is 0.253 e. The molecular weight excluding hydrogens is 410 g/mol. The van der Waals surface area contributed by atoms with Crippen molar-refractivity contribution in [1.29, 1.82) is 0 Å². The number of hydrogen-bond acceptors (Lipinski definition) is 4. The molecule has 5 rings (SSSR count). The average Bonchev–Trinajstić information content (AvgIpc) is 3.22. The highest BCUT2D eigenvalue weighted by Crippen LogP contribution is 2.27. The van der Waals surface area contributed by atoms with Crippen molar-refractivity contribution in [2.45, 2.75) is 19.3 Å². The van der Waals surface area contributed by atoms with E-state index in [0.717, 1.165) is 41.6 Å². The molecule has 3 heterocycles. The molecule has 0 bridgehead atoms. The second-order valence-corrected chi connectivity index (χ2v) is 8.44. The number of imidazole rings is 1. The molecule has 2 aromatic carbocycles. The van der Waals surface area contributed by atoms with Crippen LogP contribution in [0.4, 0.5) is 0 Å². The predicted molar refractivity (Wildman–Crippen MR) is 124 cm³/mol. The smallest absolute Gasteiger partial charge is 0.253 e. The first-order chi connectivity index (χ1) is 15.2. The highest BCUT2D eigenvalue weighted by atomic mass is 35.5. The number of piperidine rings is 1. The summed E-state index contributed by atoms with van der Waals surface area (Å²) in [5, 5.41) is 4.64. The minimum Gasteiger partial charge on any atom is -0.351 e. The topological polar surface area (TPSA) is 73.9 Å². The van der Waals surface area contributed by atoms with E-state index >= 15 is 0 Å². The van der Waals surface area contributed by atoms with Crippen LogP contribution >= 0.6 is 11.6 Å². The van der Waals surface area contributed by atoms with Crippen molar-refractivity contribution in [3.05, 3.63) is 59.2 Å². The Hall–Kier alpha value is -2.96. The van der Waals surface area contributed by atoms with Gasteiger partial charge in [-0.1, -0.05) is 24.1 Å². The molecule has 158 valence electrons. The maximum atomic E-state index is 13.1. The van der Waals surface area contributed by atoms with E-state index in [0.29, 0.717) is 28.5 Å². The summed E-state index contributed by atoms with van der Waals surface area (Å²) in [5.41, 5.74) is 3.79. The molecule has 0 radical (unpaired) electrons. The molecule has 1 fully saturated rings. The third kappa shape index (κ3) is 4.27. The zero-order chi connectivity index (χ0) is 21.2. The number of hydrogen-bond donors (Lipinski definition) is 2. The molecule has 1 amide bonds. The Balaban J connectivity index is 1.44. The number of aromatic amines is 1. The van der Waals surface area contributed by atoms with Crippen LogP contribution in [0.5, 0.6) is 0 Å². The van der Waals surface area contributed by atoms with Crippen molar-refractivity contribution < 1.29 is 4.79 Å². The van der Waals surface area contributed by atoms with Gasteiger partial charge in [0.2, 0.25) is 0 Å². The third-order valence-corrected chi connectivity index (χ3v) is 6.06. The van der Waals surface area contributed by atoms with Gasteiger partial charge in [0, 0.05) is 35.3 Å². The number of carbonyl (C=O) groups excluding carboxylic acids is 1. The number of likely N-dealkylation sites (tertiary alicyclic amines) is 1. The number of rotatable bonds is 5. The van der Waals surface area contributed by atoms with Crippen LogP contribution in [-0.2, 0) is 0 Å². The van der Waals surface area contributed by atoms with Gasteiger partial charge in [0.25, 0.3) is 5.91 Å². The van der Waals surface area contributed by atoms with E-state index in [1.54, 1.807) is 6.20 Å². The molecule has 1 aliphatic rings. The molecule has 0 saturated carbocycles. The Labute approximate surface area is 185 Å². The number of nitrogens with zero attached hydrogens (tertiary/aromatic N) is 3. The number of nitrogens with one attached hydrogen (secondary N) is 2. The zero-order valence-corrected chi connectivity index (χ0v) is 18.0. The SMILES string of the molecule is O=C(NCCN1CCCCC1)c1cc(-c2nc3ccc(Cl)cc3[nH]2)cc2cccnc12. The van der Waals surface area contributed by atoms with Crippen LogP contribution in [0.15, 0.2) is 48.7 Å². The van der Waals surface area contributed by atoms with Crippen molar-refractivity contribution in [3.8, 4) is 11.4 Å². The van der Waals surface area contributed by atoms with E-state index in [1.165, 1.54) is 19.3 Å². The van der Waals surface area contributed by atoms with Gasteiger partial charge in [0.15, 0.2) is 0 Å². The van der Waals surface area contributed by atoms with Gasteiger partial charge in [-0.3, -0.25) is 9.78 Å². The van der Waals surface area contributed by atoms with Crippen molar-refractivity contribution in [3.63, 3.8) is 0 Å². The molecule has 6 nitrogen and oxygen atoms in total. The van der Waals surface area contributed by atoms with Crippen LogP contribution in [0, 0.1) is 0 Å². The Kier molecular flexibility index (Phi) is 5.57. The first-order valence-electron chi connectivity index (χ1n) is 10.7. The second kappa shape index (κ2) is 8.65. The van der Waals surface area contributed by atoms with Crippen LogP contribution in [0.3, 0.4) is 0 Å². The predicted octanol–water partition coefficient (Wildman–Crippen LogP) is 4.65. The summed E-state index contributed by atoms with van der Waals surface area (Å²) in [4.78, 5) is 28.0. The third-order valence-electron chi connectivity index (χ3n) is 5.83. The largest absolute Gasteiger partial charge is 0.351 e. The number of aromatic nitrogens is 3. The monoisotopic (exact) mass is 433 g/mol. The number of H-pyrrole nitrogens is 1. The standard InChI is InChI=1S/C24H24ClN5O/c25-18-6-7-20-21(15-18)29-23(28-20)17-13-16-5-4-8-26-22(16)19(14-17)24(31)27-9-12-30-10-2-1-3-11-30/h4-8,13-15H,1-3,9-12H2,(H,27,31)(H,28,29). The molecule has 31 heavy (non-hydrogen) atoms. The van der Waals surface area contributed by atoms with Crippen molar-refractivity contribution >= 4 is 39.4 Å². The maximum absolute atomic E-state index is 13.1. The average molecular weight is 434 g/mol. The van der Waals surface area contributed by atoms with Gasteiger partial charge in [-0.25, -0.2) is 4.98 Å². The fourth-order valence-electron chi connectivity index (χ4n) is 4.23. The summed E-state index contributed by atoms with van der Waals surface area (Å²) in [5.74, 6) is 0.590. The molecule has 4 aromatic rings. The van der Waals surface area contributed by atoms with E-state index in [-0.39, 0.29) is 5.91 Å². The first-order valence-corrected chi connectivity index (χ1v) is 11.1. The van der Waals surface area contributed by atoms with Crippen molar-refractivity contribution in [2.75, 3.05) is 26.2 Å². The molecular formula is C24H24ClN5O. The first kappa shape index (κ1) is 20.0. The Morgan fingerprint density at radius 2 is 2.00 bits per heavy atom. The molecule has 0 aliphatic carbocycles. The molecule has 0 atom stereocenters. The van der Waals surface area contributed by atoms with E-state index in [4.69, 9.17) is 11.6 Å². The van der Waals surface area contributed by atoms with Crippen LogP contribution in [0.2, 0.25) is 5.02 Å². The second-order valence-electron chi connectivity index (χ2n) is 8.00. The van der Waals surface area contributed by atoms with E-state index in [2.05, 4.69) is 25.2 Å². The minimum absolute atomic E-state index is 0.110.